The molecule has 2 rings (SSSR count). The highest BCUT2D eigenvalue weighted by Crippen LogP contribution is 2.21. The van der Waals surface area contributed by atoms with Gasteiger partial charge in [0.25, 0.3) is 5.69 Å². The minimum Gasteiger partial charge on any atom is -0.325 e. The molecule has 1 aromatic carbocycles. The Labute approximate surface area is 130 Å². The van der Waals surface area contributed by atoms with Crippen molar-refractivity contribution < 1.29 is 9.72 Å². The van der Waals surface area contributed by atoms with Gasteiger partial charge in [0.15, 0.2) is 0 Å². The summed E-state index contributed by atoms with van der Waals surface area (Å²) >= 11 is 1.24. The third kappa shape index (κ3) is 4.04. The molecule has 1 aromatic heterocycles. The van der Waals surface area contributed by atoms with Crippen molar-refractivity contribution >= 4 is 29.0 Å². The van der Waals surface area contributed by atoms with E-state index in [-0.39, 0.29) is 11.6 Å². The highest BCUT2D eigenvalue weighted by Gasteiger charge is 2.17. The lowest BCUT2D eigenvalue weighted by Crippen LogP contribution is -2.22. The van der Waals surface area contributed by atoms with Crippen LogP contribution >= 0.6 is 11.8 Å². The third-order valence-corrected chi connectivity index (χ3v) is 3.80. The van der Waals surface area contributed by atoms with Crippen LogP contribution in [-0.2, 0) is 11.2 Å². The summed E-state index contributed by atoms with van der Waals surface area (Å²) in [6, 6.07) is 5.68. The molecule has 0 aliphatic heterocycles. The summed E-state index contributed by atoms with van der Waals surface area (Å²) in [5, 5.41) is 20.2. The van der Waals surface area contributed by atoms with E-state index >= 15 is 0 Å². The van der Waals surface area contributed by atoms with E-state index in [4.69, 9.17) is 0 Å². The van der Waals surface area contributed by atoms with Gasteiger partial charge in [-0.15, -0.1) is 5.10 Å². The maximum absolute atomic E-state index is 12.1. The lowest BCUT2D eigenvalue weighted by Gasteiger charge is -2.09. The monoisotopic (exact) mass is 321 g/mol. The summed E-state index contributed by atoms with van der Waals surface area (Å²) in [6.45, 7) is 3.70. The number of nitrogens with zero attached hydrogens (tertiary/aromatic N) is 3. The van der Waals surface area contributed by atoms with Crippen molar-refractivity contribution in [3.05, 3.63) is 40.2 Å². The van der Waals surface area contributed by atoms with Crippen LogP contribution in [-0.4, -0.2) is 31.3 Å². The van der Waals surface area contributed by atoms with E-state index in [0.29, 0.717) is 10.8 Å². The van der Waals surface area contributed by atoms with Crippen LogP contribution in [0.25, 0.3) is 0 Å². The zero-order valence-electron chi connectivity index (χ0n) is 12.1. The van der Waals surface area contributed by atoms with E-state index in [1.165, 1.54) is 36.0 Å². The number of non-ortho nitro benzene ring substituents is 1. The number of hydrogen-bond donors (Lipinski definition) is 2. The molecule has 0 spiro atoms. The number of thioether (sulfide) groups is 1. The maximum Gasteiger partial charge on any atom is 0.269 e. The van der Waals surface area contributed by atoms with Crippen LogP contribution in [0.1, 0.15) is 19.7 Å². The largest absolute Gasteiger partial charge is 0.325 e. The number of aryl methyl sites for hydroxylation is 1. The molecular weight excluding hydrogens is 306 g/mol. The summed E-state index contributed by atoms with van der Waals surface area (Å²) in [5.74, 6) is 0.548. The van der Waals surface area contributed by atoms with Gasteiger partial charge in [-0.05, 0) is 19.1 Å². The van der Waals surface area contributed by atoms with Gasteiger partial charge in [0, 0.05) is 24.2 Å². The topological polar surface area (TPSA) is 114 Å². The lowest BCUT2D eigenvalue weighted by atomic mass is 10.3. The number of rotatable bonds is 6. The first-order valence-electron chi connectivity index (χ1n) is 6.63. The Kier molecular flexibility index (Phi) is 5.10. The van der Waals surface area contributed by atoms with Crippen molar-refractivity contribution in [2.45, 2.75) is 30.7 Å². The van der Waals surface area contributed by atoms with E-state index in [0.717, 1.165) is 12.2 Å². The van der Waals surface area contributed by atoms with Crippen LogP contribution in [0.15, 0.2) is 29.4 Å². The molecule has 2 aromatic rings. The van der Waals surface area contributed by atoms with Gasteiger partial charge in [0.05, 0.1) is 10.2 Å². The predicted molar refractivity (Wildman–Crippen MR) is 82.8 cm³/mol. The maximum atomic E-state index is 12.1. The van der Waals surface area contributed by atoms with Crippen molar-refractivity contribution in [1.82, 2.24) is 15.2 Å². The van der Waals surface area contributed by atoms with E-state index in [1.54, 1.807) is 6.92 Å². The molecule has 0 bridgehead atoms. The second kappa shape index (κ2) is 7.03. The zero-order chi connectivity index (χ0) is 16.1. The van der Waals surface area contributed by atoms with E-state index in [1.807, 2.05) is 6.92 Å². The molecule has 1 amide bonds. The van der Waals surface area contributed by atoms with Gasteiger partial charge >= 0.3 is 0 Å². The number of anilines is 1. The van der Waals surface area contributed by atoms with Crippen molar-refractivity contribution in [3.63, 3.8) is 0 Å². The number of carbonyl (C=O) groups excluding carboxylic acids is 1. The number of nitrogens with one attached hydrogen (secondary N) is 2. The highest BCUT2D eigenvalue weighted by atomic mass is 32.2. The first-order chi connectivity index (χ1) is 10.5. The normalized spacial score (nSPS) is 11.9. The van der Waals surface area contributed by atoms with Crippen molar-refractivity contribution in [3.8, 4) is 0 Å². The molecule has 22 heavy (non-hydrogen) atoms. The number of aromatic amines is 1. The van der Waals surface area contributed by atoms with E-state index < -0.39 is 10.2 Å². The number of benzene rings is 1. The minimum atomic E-state index is -0.487. The number of nitro benzene ring substituents is 1. The van der Waals surface area contributed by atoms with Crippen LogP contribution in [0.5, 0.6) is 0 Å². The summed E-state index contributed by atoms with van der Waals surface area (Å²) < 4.78 is 0. The van der Waals surface area contributed by atoms with E-state index in [9.17, 15) is 14.9 Å². The van der Waals surface area contributed by atoms with Crippen molar-refractivity contribution in [2.75, 3.05) is 5.32 Å². The van der Waals surface area contributed by atoms with Gasteiger partial charge in [-0.1, -0.05) is 18.7 Å². The predicted octanol–water partition coefficient (Wildman–Crippen LogP) is 2.39. The number of amides is 1. The average molecular weight is 321 g/mol. The standard InChI is InChI=1S/C13H15N5O3S/c1-3-11-15-13(17-16-11)22-8(2)12(19)14-9-4-6-10(7-5-9)18(20)21/h4-8H,3H2,1-2H3,(H,14,19)(H,15,16,17). The Balaban J connectivity index is 1.94. The number of H-pyrrole nitrogens is 1. The Hall–Kier alpha value is -2.42. The highest BCUT2D eigenvalue weighted by molar-refractivity contribution is 8.00. The van der Waals surface area contributed by atoms with Crippen molar-refractivity contribution in [1.29, 1.82) is 0 Å². The molecular formula is C13H15N5O3S. The Morgan fingerprint density at radius 3 is 2.68 bits per heavy atom. The Morgan fingerprint density at radius 2 is 2.14 bits per heavy atom. The van der Waals surface area contributed by atoms with Crippen LogP contribution in [0, 0.1) is 10.1 Å². The molecule has 0 saturated carbocycles. The van der Waals surface area contributed by atoms with Crippen LogP contribution in [0.4, 0.5) is 11.4 Å². The smallest absolute Gasteiger partial charge is 0.269 e. The molecule has 0 saturated heterocycles. The molecule has 9 heteroatoms. The Bertz CT molecular complexity index is 671. The third-order valence-electron chi connectivity index (χ3n) is 2.84. The number of carbonyl (C=O) groups is 1. The van der Waals surface area contributed by atoms with Crippen LogP contribution in [0.3, 0.4) is 0 Å². The summed E-state index contributed by atoms with van der Waals surface area (Å²) in [7, 11) is 0. The first-order valence-corrected chi connectivity index (χ1v) is 7.50. The minimum absolute atomic E-state index is 0.0201. The summed E-state index contributed by atoms with van der Waals surface area (Å²) in [6.07, 6.45) is 0.747. The summed E-state index contributed by atoms with van der Waals surface area (Å²) in [5.41, 5.74) is 0.487. The molecule has 1 atom stereocenters. The number of hydrogen-bond acceptors (Lipinski definition) is 6. The molecule has 116 valence electrons. The zero-order valence-corrected chi connectivity index (χ0v) is 12.9. The van der Waals surface area contributed by atoms with Gasteiger partial charge in [-0.25, -0.2) is 4.98 Å². The lowest BCUT2D eigenvalue weighted by molar-refractivity contribution is -0.384. The molecule has 8 nitrogen and oxygen atoms in total. The van der Waals surface area contributed by atoms with Gasteiger partial charge in [-0.2, -0.15) is 0 Å². The number of aromatic nitrogens is 3. The average Bonchev–Trinajstić information content (AvgIpc) is 2.95. The van der Waals surface area contributed by atoms with Gasteiger partial charge in [-0.3, -0.25) is 20.0 Å². The van der Waals surface area contributed by atoms with Gasteiger partial charge in [0.1, 0.15) is 5.82 Å². The second-order valence-corrected chi connectivity index (χ2v) is 5.78. The van der Waals surface area contributed by atoms with Gasteiger partial charge < -0.3 is 5.32 Å². The quantitative estimate of drug-likeness (QED) is 0.480. The SMILES string of the molecule is CCc1nc(SC(C)C(=O)Nc2ccc([N+](=O)[O-])cc2)n[nH]1. The van der Waals surface area contributed by atoms with Crippen molar-refractivity contribution in [2.24, 2.45) is 0 Å². The van der Waals surface area contributed by atoms with E-state index in [2.05, 4.69) is 20.5 Å². The molecule has 0 fully saturated rings. The molecule has 2 N–H and O–H groups in total. The molecule has 0 radical (unpaired) electrons. The fraction of sp³-hybridized carbons (Fsp3) is 0.308. The van der Waals surface area contributed by atoms with Crippen LogP contribution in [0.2, 0.25) is 0 Å². The molecule has 0 aliphatic carbocycles. The molecule has 0 aliphatic rings. The first kappa shape index (κ1) is 16.0. The van der Waals surface area contributed by atoms with Gasteiger partial charge in [0.2, 0.25) is 11.1 Å². The molecule has 1 heterocycles. The summed E-state index contributed by atoms with van der Waals surface area (Å²) in [4.78, 5) is 26.4. The Morgan fingerprint density at radius 1 is 1.45 bits per heavy atom. The second-order valence-electron chi connectivity index (χ2n) is 4.47. The fourth-order valence-electron chi connectivity index (χ4n) is 1.61. The van der Waals surface area contributed by atoms with Crippen LogP contribution < -0.4 is 5.32 Å². The molecule has 1 unspecified atom stereocenters. The number of nitro groups is 1. The fourth-order valence-corrected chi connectivity index (χ4v) is 2.35.